The second-order valence-corrected chi connectivity index (χ2v) is 11.1. The molecule has 0 N–H and O–H groups in total. The molecular formula is C28H43ClO2. The van der Waals surface area contributed by atoms with Gasteiger partial charge in [0.1, 0.15) is 0 Å². The van der Waals surface area contributed by atoms with Crippen LogP contribution in [0, 0.1) is 29.6 Å². The van der Waals surface area contributed by atoms with Gasteiger partial charge in [-0.2, -0.15) is 0 Å². The van der Waals surface area contributed by atoms with Crippen molar-refractivity contribution in [3.8, 4) is 0 Å². The number of benzene rings is 1. The molecule has 0 spiro atoms. The quantitative estimate of drug-likeness (QED) is 0.401. The summed E-state index contributed by atoms with van der Waals surface area (Å²) in [7, 11) is 0. The van der Waals surface area contributed by atoms with Crippen molar-refractivity contribution >= 4 is 11.6 Å². The molecule has 174 valence electrons. The summed E-state index contributed by atoms with van der Waals surface area (Å²) in [5, 5.41) is 0.844. The van der Waals surface area contributed by atoms with Gasteiger partial charge in [0, 0.05) is 16.9 Å². The Morgan fingerprint density at radius 3 is 1.94 bits per heavy atom. The molecule has 3 heteroatoms. The van der Waals surface area contributed by atoms with E-state index in [-0.39, 0.29) is 6.29 Å². The first kappa shape index (κ1) is 23.6. The lowest BCUT2D eigenvalue weighted by atomic mass is 9.68. The van der Waals surface area contributed by atoms with Crippen LogP contribution in [-0.4, -0.2) is 19.5 Å². The van der Waals surface area contributed by atoms with Crippen LogP contribution in [0.3, 0.4) is 0 Å². The highest BCUT2D eigenvalue weighted by atomic mass is 35.5. The van der Waals surface area contributed by atoms with Crippen molar-refractivity contribution in [3.63, 3.8) is 0 Å². The number of ether oxygens (including phenoxy) is 2. The predicted molar refractivity (Wildman–Crippen MR) is 129 cm³/mol. The van der Waals surface area contributed by atoms with E-state index in [9.17, 15) is 0 Å². The zero-order valence-corrected chi connectivity index (χ0v) is 20.3. The Bertz CT molecular complexity index is 621. The molecule has 31 heavy (non-hydrogen) atoms. The van der Waals surface area contributed by atoms with E-state index in [1.54, 1.807) is 0 Å². The van der Waals surface area contributed by atoms with Crippen molar-refractivity contribution in [2.75, 3.05) is 13.2 Å². The molecule has 2 aliphatic carbocycles. The minimum Gasteiger partial charge on any atom is -0.352 e. The summed E-state index contributed by atoms with van der Waals surface area (Å²) in [5.41, 5.74) is 1.44. The molecule has 4 rings (SSSR count). The first-order valence-electron chi connectivity index (χ1n) is 13.2. The maximum absolute atomic E-state index is 6.16. The third kappa shape index (κ3) is 6.95. The van der Waals surface area contributed by atoms with Crippen molar-refractivity contribution in [3.05, 3.63) is 34.9 Å². The summed E-state index contributed by atoms with van der Waals surface area (Å²) >= 11 is 6.01. The topological polar surface area (TPSA) is 18.5 Å². The molecule has 1 heterocycles. The Hall–Kier alpha value is -0.570. The molecule has 0 unspecified atom stereocenters. The van der Waals surface area contributed by atoms with E-state index in [1.165, 1.54) is 89.0 Å². The SMILES string of the molecule is CCCCC1COC(C2CCC(C3CCC(CCc4ccc(Cl)cc4)CC3)CC2)OC1. The molecule has 3 aliphatic rings. The van der Waals surface area contributed by atoms with E-state index >= 15 is 0 Å². The van der Waals surface area contributed by atoms with Crippen molar-refractivity contribution in [2.24, 2.45) is 29.6 Å². The molecule has 0 radical (unpaired) electrons. The smallest absolute Gasteiger partial charge is 0.160 e. The molecule has 2 saturated carbocycles. The lowest BCUT2D eigenvalue weighted by molar-refractivity contribution is -0.230. The molecule has 0 aromatic heterocycles. The number of hydrogen-bond donors (Lipinski definition) is 0. The average molecular weight is 447 g/mol. The maximum Gasteiger partial charge on any atom is 0.160 e. The number of rotatable bonds is 8. The van der Waals surface area contributed by atoms with E-state index in [0.29, 0.717) is 11.8 Å². The van der Waals surface area contributed by atoms with Crippen LogP contribution < -0.4 is 0 Å². The van der Waals surface area contributed by atoms with E-state index in [2.05, 4.69) is 19.1 Å². The van der Waals surface area contributed by atoms with Crippen LogP contribution in [0.4, 0.5) is 0 Å². The number of halogens is 1. The van der Waals surface area contributed by atoms with Crippen LogP contribution in [0.1, 0.15) is 89.5 Å². The van der Waals surface area contributed by atoms with E-state index in [0.717, 1.165) is 36.0 Å². The van der Waals surface area contributed by atoms with Crippen molar-refractivity contribution in [1.82, 2.24) is 0 Å². The fraction of sp³-hybridized carbons (Fsp3) is 0.786. The summed E-state index contributed by atoms with van der Waals surface area (Å²) in [6.45, 7) is 4.11. The summed E-state index contributed by atoms with van der Waals surface area (Å²) in [6.07, 6.45) is 17.7. The van der Waals surface area contributed by atoms with Gasteiger partial charge >= 0.3 is 0 Å². The molecule has 1 aliphatic heterocycles. The minimum absolute atomic E-state index is 0.0856. The second-order valence-electron chi connectivity index (χ2n) is 10.7. The van der Waals surface area contributed by atoms with Crippen LogP contribution in [0.25, 0.3) is 0 Å². The van der Waals surface area contributed by atoms with E-state index < -0.39 is 0 Å². The van der Waals surface area contributed by atoms with Gasteiger partial charge in [-0.15, -0.1) is 0 Å². The van der Waals surface area contributed by atoms with Gasteiger partial charge in [0.2, 0.25) is 0 Å². The van der Waals surface area contributed by atoms with Crippen LogP contribution in [0.5, 0.6) is 0 Å². The third-order valence-corrected chi connectivity index (χ3v) is 8.72. The lowest BCUT2D eigenvalue weighted by Gasteiger charge is -2.41. The molecule has 2 nitrogen and oxygen atoms in total. The zero-order chi connectivity index (χ0) is 21.5. The first-order chi connectivity index (χ1) is 15.2. The number of hydrogen-bond acceptors (Lipinski definition) is 2. The molecule has 1 aromatic rings. The van der Waals surface area contributed by atoms with Crippen molar-refractivity contribution in [1.29, 1.82) is 0 Å². The lowest BCUT2D eigenvalue weighted by Crippen LogP contribution is -2.39. The van der Waals surface area contributed by atoms with Crippen molar-refractivity contribution in [2.45, 2.75) is 96.7 Å². The Kier molecular flexibility index (Phi) is 9.17. The summed E-state index contributed by atoms with van der Waals surface area (Å²) in [6, 6.07) is 8.44. The fourth-order valence-corrected chi connectivity index (χ4v) is 6.47. The third-order valence-electron chi connectivity index (χ3n) is 8.47. The highest BCUT2D eigenvalue weighted by molar-refractivity contribution is 6.30. The second kappa shape index (κ2) is 12.1. The first-order valence-corrected chi connectivity index (χ1v) is 13.6. The van der Waals surface area contributed by atoms with Gasteiger partial charge in [0.05, 0.1) is 13.2 Å². The highest BCUT2D eigenvalue weighted by Gasteiger charge is 2.35. The Balaban J connectivity index is 1.12. The van der Waals surface area contributed by atoms with Crippen LogP contribution >= 0.6 is 11.6 Å². The Labute approximate surface area is 195 Å². The molecule has 1 saturated heterocycles. The predicted octanol–water partition coefficient (Wildman–Crippen LogP) is 8.06. The van der Waals surface area contributed by atoms with E-state index in [4.69, 9.17) is 21.1 Å². The molecule has 0 amide bonds. The number of unbranched alkanes of at least 4 members (excludes halogenated alkanes) is 1. The Morgan fingerprint density at radius 2 is 1.32 bits per heavy atom. The van der Waals surface area contributed by atoms with Gasteiger partial charge in [0.15, 0.2) is 6.29 Å². The van der Waals surface area contributed by atoms with Crippen LogP contribution in [-0.2, 0) is 15.9 Å². The minimum atomic E-state index is 0.0856. The van der Waals surface area contributed by atoms with Gasteiger partial charge in [-0.25, -0.2) is 0 Å². The Morgan fingerprint density at radius 1 is 0.742 bits per heavy atom. The van der Waals surface area contributed by atoms with Gasteiger partial charge in [-0.1, -0.05) is 56.3 Å². The summed E-state index contributed by atoms with van der Waals surface area (Å²) in [5.74, 6) is 4.11. The summed E-state index contributed by atoms with van der Waals surface area (Å²) in [4.78, 5) is 0. The highest BCUT2D eigenvalue weighted by Crippen LogP contribution is 2.43. The molecule has 0 atom stereocenters. The number of aryl methyl sites for hydroxylation is 1. The van der Waals surface area contributed by atoms with Crippen molar-refractivity contribution < 1.29 is 9.47 Å². The standard InChI is InChI=1S/C28H43ClO2/c1-2-3-4-23-19-30-28(31-20-23)26-15-13-25(14-16-26)24-11-7-21(8-12-24)5-6-22-9-17-27(29)18-10-22/h9-10,17-18,21,23-26,28H,2-8,11-16,19-20H2,1H3. The molecule has 3 fully saturated rings. The maximum atomic E-state index is 6.16. The largest absolute Gasteiger partial charge is 0.352 e. The zero-order valence-electron chi connectivity index (χ0n) is 19.6. The summed E-state index contributed by atoms with van der Waals surface area (Å²) < 4.78 is 12.3. The monoisotopic (exact) mass is 446 g/mol. The molecule has 1 aromatic carbocycles. The molecule has 0 bridgehead atoms. The normalized spacial score (nSPS) is 34.5. The van der Waals surface area contributed by atoms with E-state index in [1.807, 2.05) is 12.1 Å². The average Bonchev–Trinajstić information content (AvgIpc) is 2.83. The van der Waals surface area contributed by atoms with Gasteiger partial charge in [0.25, 0.3) is 0 Å². The molecular weight excluding hydrogens is 404 g/mol. The van der Waals surface area contributed by atoms with Gasteiger partial charge in [-0.05, 0) is 93.2 Å². The fourth-order valence-electron chi connectivity index (χ4n) is 6.35. The van der Waals surface area contributed by atoms with Gasteiger partial charge < -0.3 is 9.47 Å². The van der Waals surface area contributed by atoms with Crippen LogP contribution in [0.2, 0.25) is 5.02 Å². The van der Waals surface area contributed by atoms with Gasteiger partial charge in [-0.3, -0.25) is 0 Å². The van der Waals surface area contributed by atoms with Crippen LogP contribution in [0.15, 0.2) is 24.3 Å².